The van der Waals surface area contributed by atoms with E-state index in [4.69, 9.17) is 0 Å². The lowest BCUT2D eigenvalue weighted by molar-refractivity contribution is 0.170. The first-order valence-electron chi connectivity index (χ1n) is 8.55. The first-order chi connectivity index (χ1) is 10.2. The van der Waals surface area contributed by atoms with Crippen LogP contribution in [0.4, 0.5) is 4.39 Å². The van der Waals surface area contributed by atoms with E-state index in [1.807, 2.05) is 6.92 Å². The van der Waals surface area contributed by atoms with Crippen LogP contribution in [0.15, 0.2) is 18.2 Å². The van der Waals surface area contributed by atoms with Crippen LogP contribution in [0.5, 0.6) is 0 Å². The van der Waals surface area contributed by atoms with E-state index in [0.717, 1.165) is 23.6 Å². The Labute approximate surface area is 129 Å². The quantitative estimate of drug-likeness (QED) is 0.679. The average Bonchev–Trinajstić information content (AvgIpc) is 2.91. The van der Waals surface area contributed by atoms with Gasteiger partial charge in [-0.2, -0.15) is 0 Å². The molecule has 0 amide bonds. The van der Waals surface area contributed by atoms with Gasteiger partial charge in [-0.1, -0.05) is 31.5 Å². The summed E-state index contributed by atoms with van der Waals surface area (Å²) in [6, 6.07) is 7.73. The van der Waals surface area contributed by atoms with Gasteiger partial charge in [-0.15, -0.1) is 0 Å². The lowest BCUT2D eigenvalue weighted by Crippen LogP contribution is -2.37. The van der Waals surface area contributed by atoms with Crippen molar-refractivity contribution in [2.24, 2.45) is 0 Å². The van der Waals surface area contributed by atoms with Gasteiger partial charge in [0.15, 0.2) is 0 Å². The summed E-state index contributed by atoms with van der Waals surface area (Å²) in [4.78, 5) is 2.70. The SMILES string of the molecule is CCCC(CCc1ccc(C)c(CF)c1)N1CCCC1C. The molecule has 1 aromatic carbocycles. The van der Waals surface area contributed by atoms with Gasteiger partial charge in [0, 0.05) is 12.1 Å². The zero-order chi connectivity index (χ0) is 15.2. The smallest absolute Gasteiger partial charge is 0.115 e. The molecule has 21 heavy (non-hydrogen) atoms. The molecule has 0 saturated carbocycles. The normalized spacial score (nSPS) is 20.9. The minimum Gasteiger partial charge on any atom is -0.298 e. The van der Waals surface area contributed by atoms with Crippen molar-refractivity contribution in [2.45, 2.75) is 78.1 Å². The van der Waals surface area contributed by atoms with Gasteiger partial charge < -0.3 is 0 Å². The van der Waals surface area contributed by atoms with Gasteiger partial charge in [0.2, 0.25) is 0 Å². The third-order valence-electron chi connectivity index (χ3n) is 5.02. The van der Waals surface area contributed by atoms with Gasteiger partial charge in [0.1, 0.15) is 6.67 Å². The fourth-order valence-corrected chi connectivity index (χ4v) is 3.66. The molecule has 0 aliphatic carbocycles. The van der Waals surface area contributed by atoms with Crippen LogP contribution >= 0.6 is 0 Å². The van der Waals surface area contributed by atoms with E-state index in [9.17, 15) is 4.39 Å². The second kappa shape index (κ2) is 7.93. The van der Waals surface area contributed by atoms with Gasteiger partial charge in [-0.3, -0.25) is 4.90 Å². The molecule has 1 aliphatic heterocycles. The molecule has 0 spiro atoms. The average molecular weight is 291 g/mol. The highest BCUT2D eigenvalue weighted by molar-refractivity contribution is 5.30. The van der Waals surface area contributed by atoms with E-state index in [-0.39, 0.29) is 6.67 Å². The van der Waals surface area contributed by atoms with Crippen molar-refractivity contribution in [3.63, 3.8) is 0 Å². The van der Waals surface area contributed by atoms with Gasteiger partial charge >= 0.3 is 0 Å². The van der Waals surface area contributed by atoms with E-state index in [1.165, 1.54) is 44.2 Å². The summed E-state index contributed by atoms with van der Waals surface area (Å²) < 4.78 is 13.0. The minimum absolute atomic E-state index is 0.346. The lowest BCUT2D eigenvalue weighted by Gasteiger charge is -2.31. The maximum Gasteiger partial charge on any atom is 0.115 e. The minimum atomic E-state index is -0.346. The number of alkyl halides is 1. The monoisotopic (exact) mass is 291 g/mol. The third kappa shape index (κ3) is 4.29. The molecule has 0 N–H and O–H groups in total. The molecule has 1 nitrogen and oxygen atoms in total. The molecule has 1 heterocycles. The highest BCUT2D eigenvalue weighted by atomic mass is 19.1. The molecule has 1 aliphatic rings. The number of hydrogen-bond acceptors (Lipinski definition) is 1. The third-order valence-corrected chi connectivity index (χ3v) is 5.02. The highest BCUT2D eigenvalue weighted by Gasteiger charge is 2.26. The van der Waals surface area contributed by atoms with E-state index in [1.54, 1.807) is 0 Å². The number of hydrogen-bond donors (Lipinski definition) is 0. The summed E-state index contributed by atoms with van der Waals surface area (Å²) in [6.45, 7) is 7.55. The highest BCUT2D eigenvalue weighted by Crippen LogP contribution is 2.25. The number of likely N-dealkylation sites (tertiary alicyclic amines) is 1. The molecule has 0 aromatic heterocycles. The summed E-state index contributed by atoms with van der Waals surface area (Å²) in [7, 11) is 0. The van der Waals surface area contributed by atoms with Crippen molar-refractivity contribution in [3.8, 4) is 0 Å². The summed E-state index contributed by atoms with van der Waals surface area (Å²) in [5, 5.41) is 0. The summed E-state index contributed by atoms with van der Waals surface area (Å²) in [5.74, 6) is 0. The maximum absolute atomic E-state index is 13.0. The van der Waals surface area contributed by atoms with Crippen LogP contribution < -0.4 is 0 Å². The number of benzene rings is 1. The van der Waals surface area contributed by atoms with Crippen molar-refractivity contribution >= 4 is 0 Å². The van der Waals surface area contributed by atoms with E-state index >= 15 is 0 Å². The first-order valence-corrected chi connectivity index (χ1v) is 8.55. The molecule has 1 aromatic rings. The Morgan fingerprint density at radius 1 is 1.33 bits per heavy atom. The Kier molecular flexibility index (Phi) is 6.22. The molecule has 1 saturated heterocycles. The molecule has 2 heteroatoms. The summed E-state index contributed by atoms with van der Waals surface area (Å²) >= 11 is 0. The first kappa shape index (κ1) is 16.5. The summed E-state index contributed by atoms with van der Waals surface area (Å²) in [6.07, 6.45) is 7.49. The van der Waals surface area contributed by atoms with Crippen LogP contribution in [-0.2, 0) is 13.1 Å². The van der Waals surface area contributed by atoms with Crippen LogP contribution in [0.1, 0.15) is 62.6 Å². The Morgan fingerprint density at radius 3 is 2.76 bits per heavy atom. The standard InChI is InChI=1S/C19H30FN/c1-4-6-19(21-12-5-7-16(21)3)11-10-17-9-8-15(2)18(13-17)14-20/h8-9,13,16,19H,4-7,10-12,14H2,1-3H3. The van der Waals surface area contributed by atoms with Crippen LogP contribution in [0, 0.1) is 6.92 Å². The van der Waals surface area contributed by atoms with Crippen molar-refractivity contribution in [1.82, 2.24) is 4.90 Å². The topological polar surface area (TPSA) is 3.24 Å². The van der Waals surface area contributed by atoms with Gasteiger partial charge in [0.05, 0.1) is 0 Å². The van der Waals surface area contributed by atoms with E-state index in [2.05, 4.69) is 36.9 Å². The van der Waals surface area contributed by atoms with Crippen molar-refractivity contribution in [1.29, 1.82) is 0 Å². The Balaban J connectivity index is 1.98. The Hall–Kier alpha value is -0.890. The predicted molar refractivity (Wildman–Crippen MR) is 88.4 cm³/mol. The molecule has 1 fully saturated rings. The van der Waals surface area contributed by atoms with Gasteiger partial charge in [-0.25, -0.2) is 4.39 Å². The van der Waals surface area contributed by atoms with Crippen LogP contribution in [0.3, 0.4) is 0 Å². The second-order valence-corrected chi connectivity index (χ2v) is 6.60. The largest absolute Gasteiger partial charge is 0.298 e. The molecule has 0 bridgehead atoms. The van der Waals surface area contributed by atoms with Crippen LogP contribution in [0.25, 0.3) is 0 Å². The van der Waals surface area contributed by atoms with Gasteiger partial charge in [-0.05, 0) is 69.2 Å². The zero-order valence-electron chi connectivity index (χ0n) is 13.9. The molecular weight excluding hydrogens is 261 g/mol. The van der Waals surface area contributed by atoms with Crippen LogP contribution in [0.2, 0.25) is 0 Å². The lowest BCUT2D eigenvalue weighted by atomic mass is 9.97. The molecule has 2 rings (SSSR count). The predicted octanol–water partition coefficient (Wildman–Crippen LogP) is 5.05. The molecular formula is C19H30FN. The van der Waals surface area contributed by atoms with Gasteiger partial charge in [0.25, 0.3) is 0 Å². The van der Waals surface area contributed by atoms with E-state index < -0.39 is 0 Å². The van der Waals surface area contributed by atoms with Crippen molar-refractivity contribution < 1.29 is 4.39 Å². The number of halogens is 1. The number of rotatable bonds is 7. The molecule has 2 unspecified atom stereocenters. The van der Waals surface area contributed by atoms with Crippen molar-refractivity contribution in [3.05, 3.63) is 34.9 Å². The summed E-state index contributed by atoms with van der Waals surface area (Å²) in [5.41, 5.74) is 3.22. The maximum atomic E-state index is 13.0. The number of nitrogens with zero attached hydrogens (tertiary/aromatic N) is 1. The van der Waals surface area contributed by atoms with E-state index in [0.29, 0.717) is 6.04 Å². The fraction of sp³-hybridized carbons (Fsp3) is 0.684. The second-order valence-electron chi connectivity index (χ2n) is 6.60. The zero-order valence-corrected chi connectivity index (χ0v) is 13.9. The molecule has 2 atom stereocenters. The Bertz CT molecular complexity index is 443. The van der Waals surface area contributed by atoms with Crippen molar-refractivity contribution in [2.75, 3.05) is 6.54 Å². The Morgan fingerprint density at radius 2 is 2.14 bits per heavy atom. The molecule has 0 radical (unpaired) electrons. The van der Waals surface area contributed by atoms with Crippen LogP contribution in [-0.4, -0.2) is 23.5 Å². The number of aryl methyl sites for hydroxylation is 2. The molecule has 118 valence electrons. The fourth-order valence-electron chi connectivity index (χ4n) is 3.66.